The van der Waals surface area contributed by atoms with Crippen molar-refractivity contribution in [3.63, 3.8) is 0 Å². The summed E-state index contributed by atoms with van der Waals surface area (Å²) < 4.78 is 2.79. The number of halogens is 1. The molecule has 0 spiro atoms. The van der Waals surface area contributed by atoms with Gasteiger partial charge < -0.3 is 14.6 Å². The highest BCUT2D eigenvalue weighted by Crippen LogP contribution is 2.18. The van der Waals surface area contributed by atoms with Gasteiger partial charge in [-0.15, -0.1) is 0 Å². The molecule has 2 rings (SSSR count). The van der Waals surface area contributed by atoms with E-state index in [4.69, 9.17) is 0 Å². The quantitative estimate of drug-likeness (QED) is 0.789. The molecule has 2 aromatic heterocycles. The number of fused-ring (bicyclic) bond motifs is 1. The summed E-state index contributed by atoms with van der Waals surface area (Å²) in [6, 6.07) is 0.378. The molecule has 0 saturated carbocycles. The number of nitrogens with one attached hydrogen (secondary N) is 1. The molecule has 21 heavy (non-hydrogen) atoms. The van der Waals surface area contributed by atoms with Crippen LogP contribution in [0.3, 0.4) is 0 Å². The van der Waals surface area contributed by atoms with Gasteiger partial charge >= 0.3 is 0 Å². The van der Waals surface area contributed by atoms with Crippen LogP contribution in [0.2, 0.25) is 0 Å². The molecule has 1 N–H and O–H groups in total. The number of anilines is 1. The molecule has 0 aliphatic rings. The number of rotatable bonds is 8. The van der Waals surface area contributed by atoms with Gasteiger partial charge in [0.1, 0.15) is 4.60 Å². The predicted molar refractivity (Wildman–Crippen MR) is 90.8 cm³/mol. The molecule has 5 nitrogen and oxygen atoms in total. The first-order chi connectivity index (χ1) is 10.1. The van der Waals surface area contributed by atoms with Crippen LogP contribution in [0.15, 0.2) is 23.2 Å². The first-order valence-corrected chi connectivity index (χ1v) is 8.41. The highest BCUT2D eigenvalue weighted by molar-refractivity contribution is 9.10. The van der Waals surface area contributed by atoms with E-state index < -0.39 is 0 Å². The fourth-order valence-electron chi connectivity index (χ4n) is 2.46. The second kappa shape index (κ2) is 7.75. The van der Waals surface area contributed by atoms with Gasteiger partial charge in [0.05, 0.1) is 0 Å². The average molecular weight is 354 g/mol. The summed E-state index contributed by atoms with van der Waals surface area (Å²) in [5.74, 6) is 0.838. The van der Waals surface area contributed by atoms with Crippen LogP contribution in [0.1, 0.15) is 33.6 Å². The van der Waals surface area contributed by atoms with Crippen LogP contribution >= 0.6 is 15.9 Å². The van der Waals surface area contributed by atoms with Crippen molar-refractivity contribution < 1.29 is 0 Å². The Labute approximate surface area is 134 Å². The van der Waals surface area contributed by atoms with Gasteiger partial charge in [0.15, 0.2) is 11.5 Å². The minimum absolute atomic E-state index is 0.378. The first-order valence-electron chi connectivity index (χ1n) is 7.62. The van der Waals surface area contributed by atoms with Gasteiger partial charge in [0.2, 0.25) is 0 Å². The molecule has 1 atom stereocenters. The van der Waals surface area contributed by atoms with Crippen molar-refractivity contribution in [2.45, 2.75) is 39.7 Å². The van der Waals surface area contributed by atoms with Crippen LogP contribution in [-0.2, 0) is 0 Å². The summed E-state index contributed by atoms with van der Waals surface area (Å²) in [4.78, 5) is 11.3. The van der Waals surface area contributed by atoms with E-state index in [0.717, 1.165) is 42.1 Å². The lowest BCUT2D eigenvalue weighted by Gasteiger charge is -2.20. The molecular weight excluding hydrogens is 330 g/mol. The van der Waals surface area contributed by atoms with Crippen molar-refractivity contribution >= 4 is 27.4 Å². The van der Waals surface area contributed by atoms with Crippen molar-refractivity contribution in [3.8, 4) is 0 Å². The summed E-state index contributed by atoms with van der Waals surface area (Å²) in [7, 11) is 0. The summed E-state index contributed by atoms with van der Waals surface area (Å²) in [5.41, 5.74) is 0.869. The Morgan fingerprint density at radius 1 is 1.38 bits per heavy atom. The molecule has 116 valence electrons. The summed E-state index contributed by atoms with van der Waals surface area (Å²) in [6.07, 6.45) is 7.95. The Kier molecular flexibility index (Phi) is 5.99. The van der Waals surface area contributed by atoms with Crippen LogP contribution in [0.5, 0.6) is 0 Å². The van der Waals surface area contributed by atoms with Crippen molar-refractivity contribution in [1.82, 2.24) is 19.3 Å². The zero-order valence-corrected chi connectivity index (χ0v) is 14.6. The highest BCUT2D eigenvalue weighted by atomic mass is 79.9. The molecule has 0 fully saturated rings. The topological polar surface area (TPSA) is 45.5 Å². The maximum Gasteiger partial charge on any atom is 0.180 e. The van der Waals surface area contributed by atoms with Gasteiger partial charge in [-0.3, -0.25) is 0 Å². The van der Waals surface area contributed by atoms with Crippen LogP contribution in [0.25, 0.3) is 5.65 Å². The Hall–Kier alpha value is -1.14. The maximum absolute atomic E-state index is 4.50. The SMILES string of the molecule is CCN(CC)CCCC(C)Nc1nc(Br)cn2ccnc12. The smallest absolute Gasteiger partial charge is 0.180 e. The number of nitrogens with zero attached hydrogens (tertiary/aromatic N) is 4. The number of imidazole rings is 1. The molecule has 0 aliphatic heterocycles. The third-order valence-corrected chi connectivity index (χ3v) is 4.12. The molecule has 0 radical (unpaired) electrons. The van der Waals surface area contributed by atoms with Gasteiger partial charge in [0.25, 0.3) is 0 Å². The monoisotopic (exact) mass is 353 g/mol. The van der Waals surface area contributed by atoms with Crippen LogP contribution in [0, 0.1) is 0 Å². The van der Waals surface area contributed by atoms with E-state index in [1.807, 2.05) is 16.8 Å². The van der Waals surface area contributed by atoms with Crippen LogP contribution < -0.4 is 5.32 Å². The van der Waals surface area contributed by atoms with E-state index in [0.29, 0.717) is 6.04 Å². The fourth-order valence-corrected chi connectivity index (χ4v) is 2.86. The van der Waals surface area contributed by atoms with E-state index >= 15 is 0 Å². The van der Waals surface area contributed by atoms with Gasteiger partial charge in [-0.2, -0.15) is 0 Å². The van der Waals surface area contributed by atoms with Crippen molar-refractivity contribution in [3.05, 3.63) is 23.2 Å². The number of hydrogen-bond acceptors (Lipinski definition) is 4. The fraction of sp³-hybridized carbons (Fsp3) is 0.600. The molecule has 0 bridgehead atoms. The highest BCUT2D eigenvalue weighted by Gasteiger charge is 2.10. The molecule has 2 aromatic rings. The van der Waals surface area contributed by atoms with Gasteiger partial charge in [0, 0.05) is 24.6 Å². The molecule has 0 aliphatic carbocycles. The lowest BCUT2D eigenvalue weighted by Crippen LogP contribution is -2.25. The third kappa shape index (κ3) is 4.41. The molecule has 0 saturated heterocycles. The van der Waals surface area contributed by atoms with Gasteiger partial charge in [-0.25, -0.2) is 9.97 Å². The minimum Gasteiger partial charge on any atom is -0.364 e. The van der Waals surface area contributed by atoms with Gasteiger partial charge in [-0.05, 0) is 55.3 Å². The summed E-state index contributed by atoms with van der Waals surface area (Å²) >= 11 is 3.44. The zero-order valence-electron chi connectivity index (χ0n) is 13.0. The Balaban J connectivity index is 1.92. The largest absolute Gasteiger partial charge is 0.364 e. The van der Waals surface area contributed by atoms with E-state index in [1.54, 1.807) is 6.20 Å². The van der Waals surface area contributed by atoms with E-state index in [1.165, 1.54) is 6.42 Å². The molecule has 2 heterocycles. The standard InChI is InChI=1S/C15H24BrN5/c1-4-20(5-2)9-6-7-12(3)18-14-15-17-8-10-21(15)11-13(16)19-14/h8,10-12H,4-7,9H2,1-3H3,(H,18,19). The molecule has 0 amide bonds. The average Bonchev–Trinajstić information content (AvgIpc) is 2.92. The number of hydrogen-bond donors (Lipinski definition) is 1. The Morgan fingerprint density at radius 3 is 2.86 bits per heavy atom. The maximum atomic E-state index is 4.50. The molecule has 0 aromatic carbocycles. The van der Waals surface area contributed by atoms with E-state index in [-0.39, 0.29) is 0 Å². The number of aromatic nitrogens is 3. The lowest BCUT2D eigenvalue weighted by molar-refractivity contribution is 0.295. The minimum atomic E-state index is 0.378. The molecular formula is C15H24BrN5. The van der Waals surface area contributed by atoms with Crippen molar-refractivity contribution in [2.24, 2.45) is 0 Å². The first kappa shape index (κ1) is 16.2. The normalized spacial score (nSPS) is 13.0. The summed E-state index contributed by atoms with van der Waals surface area (Å²) in [6.45, 7) is 10.0. The Bertz CT molecular complexity index is 564. The van der Waals surface area contributed by atoms with Gasteiger partial charge in [-0.1, -0.05) is 13.8 Å². The second-order valence-electron chi connectivity index (χ2n) is 5.28. The predicted octanol–water partition coefficient (Wildman–Crippen LogP) is 3.41. The van der Waals surface area contributed by atoms with Crippen molar-refractivity contribution in [2.75, 3.05) is 25.0 Å². The zero-order chi connectivity index (χ0) is 15.2. The molecule has 1 unspecified atom stereocenters. The third-order valence-electron chi connectivity index (χ3n) is 3.73. The van der Waals surface area contributed by atoms with Crippen molar-refractivity contribution in [1.29, 1.82) is 0 Å². The van der Waals surface area contributed by atoms with E-state index in [9.17, 15) is 0 Å². The van der Waals surface area contributed by atoms with Crippen LogP contribution in [-0.4, -0.2) is 44.9 Å². The lowest BCUT2D eigenvalue weighted by atomic mass is 10.1. The van der Waals surface area contributed by atoms with Crippen LogP contribution in [0.4, 0.5) is 5.82 Å². The molecule has 6 heteroatoms. The summed E-state index contributed by atoms with van der Waals surface area (Å²) in [5, 5.41) is 3.48. The Morgan fingerprint density at radius 2 is 2.14 bits per heavy atom. The van der Waals surface area contributed by atoms with E-state index in [2.05, 4.69) is 56.9 Å². The second-order valence-corrected chi connectivity index (χ2v) is 6.10.